The molecule has 2 atom stereocenters. The van der Waals surface area contributed by atoms with Crippen LogP contribution in [0.4, 0.5) is 0 Å². The van der Waals surface area contributed by atoms with Gasteiger partial charge in [-0.25, -0.2) is 0 Å². The summed E-state index contributed by atoms with van der Waals surface area (Å²) < 4.78 is 5.68. The van der Waals surface area contributed by atoms with Crippen molar-refractivity contribution in [2.75, 3.05) is 0 Å². The molecule has 2 rings (SSSR count). The van der Waals surface area contributed by atoms with Gasteiger partial charge in [0.1, 0.15) is 0 Å². The summed E-state index contributed by atoms with van der Waals surface area (Å²) in [6.45, 7) is 5.85. The van der Waals surface area contributed by atoms with Crippen LogP contribution < -0.4 is 0 Å². The second-order valence-electron chi connectivity index (χ2n) is 4.72. The third kappa shape index (κ3) is 1.94. The highest BCUT2D eigenvalue weighted by Crippen LogP contribution is 2.40. The van der Waals surface area contributed by atoms with Crippen LogP contribution >= 0.6 is 0 Å². The van der Waals surface area contributed by atoms with E-state index in [4.69, 9.17) is 4.74 Å². The van der Waals surface area contributed by atoms with Crippen LogP contribution in [0.15, 0.2) is 12.2 Å². The molecule has 0 radical (unpaired) electrons. The largest absolute Gasteiger partial charge is 0.389 e. The zero-order valence-corrected chi connectivity index (χ0v) is 8.25. The van der Waals surface area contributed by atoms with Gasteiger partial charge in [-0.2, -0.15) is 0 Å². The second kappa shape index (κ2) is 3.10. The Morgan fingerprint density at radius 1 is 1.46 bits per heavy atom. The fraction of sp³-hybridized carbons (Fsp3) is 0.818. The van der Waals surface area contributed by atoms with Gasteiger partial charge in [-0.1, -0.05) is 5.57 Å². The average Bonchev–Trinajstić information content (AvgIpc) is 2.27. The Hall–Kier alpha value is -0.340. The van der Waals surface area contributed by atoms with Gasteiger partial charge in [-0.3, -0.25) is 0 Å². The molecular weight excluding hydrogens is 164 g/mol. The normalized spacial score (nSPS) is 43.5. The number of hydrogen-bond donors (Lipinski definition) is 1. The van der Waals surface area contributed by atoms with Crippen molar-refractivity contribution in [3.05, 3.63) is 12.2 Å². The molecule has 1 N–H and O–H groups in total. The molecule has 0 aliphatic carbocycles. The number of ether oxygens (including phenoxy) is 1. The standard InChI is InChI=1S/C11H18O2/c1-8(2)5-11(12)6-9-3-4-10(7-11)13-9/h9-10,12H,1,3-7H2,2H3. The molecule has 2 aliphatic heterocycles. The summed E-state index contributed by atoms with van der Waals surface area (Å²) in [5, 5.41) is 10.3. The van der Waals surface area contributed by atoms with Crippen molar-refractivity contribution in [3.8, 4) is 0 Å². The van der Waals surface area contributed by atoms with Crippen molar-refractivity contribution in [2.24, 2.45) is 0 Å². The van der Waals surface area contributed by atoms with Gasteiger partial charge in [0.25, 0.3) is 0 Å². The lowest BCUT2D eigenvalue weighted by Crippen LogP contribution is -2.41. The maximum Gasteiger partial charge on any atom is 0.0733 e. The highest BCUT2D eigenvalue weighted by atomic mass is 16.5. The van der Waals surface area contributed by atoms with Crippen molar-refractivity contribution in [3.63, 3.8) is 0 Å². The molecule has 2 unspecified atom stereocenters. The molecule has 2 saturated heterocycles. The summed E-state index contributed by atoms with van der Waals surface area (Å²) >= 11 is 0. The summed E-state index contributed by atoms with van der Waals surface area (Å²) in [4.78, 5) is 0. The maximum absolute atomic E-state index is 10.3. The van der Waals surface area contributed by atoms with E-state index in [9.17, 15) is 5.11 Å². The van der Waals surface area contributed by atoms with Crippen molar-refractivity contribution in [1.82, 2.24) is 0 Å². The predicted octanol–water partition coefficient (Wildman–Crippen LogP) is 2.03. The zero-order chi connectivity index (χ0) is 9.47. The van der Waals surface area contributed by atoms with E-state index in [1.807, 2.05) is 6.92 Å². The first-order chi connectivity index (χ1) is 6.07. The molecule has 2 fully saturated rings. The van der Waals surface area contributed by atoms with E-state index < -0.39 is 5.60 Å². The van der Waals surface area contributed by atoms with E-state index in [-0.39, 0.29) is 0 Å². The lowest BCUT2D eigenvalue weighted by molar-refractivity contribution is -0.110. The van der Waals surface area contributed by atoms with Crippen molar-refractivity contribution >= 4 is 0 Å². The molecule has 2 nitrogen and oxygen atoms in total. The Kier molecular flexibility index (Phi) is 2.20. The van der Waals surface area contributed by atoms with E-state index >= 15 is 0 Å². The van der Waals surface area contributed by atoms with E-state index in [0.717, 1.165) is 37.7 Å². The van der Waals surface area contributed by atoms with Crippen LogP contribution in [0, 0.1) is 0 Å². The second-order valence-corrected chi connectivity index (χ2v) is 4.72. The maximum atomic E-state index is 10.3. The highest BCUT2D eigenvalue weighted by Gasteiger charge is 2.43. The molecule has 13 heavy (non-hydrogen) atoms. The zero-order valence-electron chi connectivity index (χ0n) is 8.25. The lowest BCUT2D eigenvalue weighted by Gasteiger charge is -2.36. The van der Waals surface area contributed by atoms with Crippen molar-refractivity contribution in [2.45, 2.75) is 56.8 Å². The van der Waals surface area contributed by atoms with Gasteiger partial charge < -0.3 is 9.84 Å². The third-order valence-electron chi connectivity index (χ3n) is 3.04. The topological polar surface area (TPSA) is 29.5 Å². The molecule has 0 spiro atoms. The van der Waals surface area contributed by atoms with Crippen LogP contribution in [0.1, 0.15) is 39.0 Å². The van der Waals surface area contributed by atoms with Crippen molar-refractivity contribution in [1.29, 1.82) is 0 Å². The van der Waals surface area contributed by atoms with Gasteiger partial charge in [0.15, 0.2) is 0 Å². The minimum absolute atomic E-state index is 0.308. The van der Waals surface area contributed by atoms with Crippen LogP contribution in [0.2, 0.25) is 0 Å². The Morgan fingerprint density at radius 3 is 2.46 bits per heavy atom. The third-order valence-corrected chi connectivity index (χ3v) is 3.04. The molecule has 0 aromatic rings. The van der Waals surface area contributed by atoms with Gasteiger partial charge in [-0.05, 0) is 26.2 Å². The Bertz CT molecular complexity index is 210. The van der Waals surface area contributed by atoms with Gasteiger partial charge in [-0.15, -0.1) is 6.58 Å². The molecule has 2 heteroatoms. The summed E-state index contributed by atoms with van der Waals surface area (Å²) in [7, 11) is 0. The molecule has 2 heterocycles. The van der Waals surface area contributed by atoms with E-state index in [0.29, 0.717) is 12.2 Å². The average molecular weight is 182 g/mol. The first kappa shape index (κ1) is 9.22. The number of rotatable bonds is 2. The molecule has 0 saturated carbocycles. The molecular formula is C11H18O2. The fourth-order valence-corrected chi connectivity index (χ4v) is 2.72. The van der Waals surface area contributed by atoms with E-state index in [2.05, 4.69) is 6.58 Å². The van der Waals surface area contributed by atoms with Crippen molar-refractivity contribution < 1.29 is 9.84 Å². The van der Waals surface area contributed by atoms with Crippen LogP contribution in [0.5, 0.6) is 0 Å². The van der Waals surface area contributed by atoms with Gasteiger partial charge in [0.05, 0.1) is 17.8 Å². The van der Waals surface area contributed by atoms with Gasteiger partial charge in [0.2, 0.25) is 0 Å². The van der Waals surface area contributed by atoms with Crippen LogP contribution in [0.3, 0.4) is 0 Å². The molecule has 2 aliphatic rings. The number of hydrogen-bond acceptors (Lipinski definition) is 2. The molecule has 0 aromatic heterocycles. The van der Waals surface area contributed by atoms with Crippen LogP contribution in [-0.4, -0.2) is 22.9 Å². The monoisotopic (exact) mass is 182 g/mol. The Morgan fingerprint density at radius 2 is 2.00 bits per heavy atom. The van der Waals surface area contributed by atoms with Gasteiger partial charge >= 0.3 is 0 Å². The Labute approximate surface area is 79.6 Å². The molecule has 74 valence electrons. The van der Waals surface area contributed by atoms with E-state index in [1.54, 1.807) is 0 Å². The minimum atomic E-state index is -0.518. The Balaban J connectivity index is 2.03. The minimum Gasteiger partial charge on any atom is -0.389 e. The fourth-order valence-electron chi connectivity index (χ4n) is 2.72. The molecule has 2 bridgehead atoms. The van der Waals surface area contributed by atoms with Crippen LogP contribution in [-0.2, 0) is 4.74 Å². The first-order valence-electron chi connectivity index (χ1n) is 5.10. The SMILES string of the molecule is C=C(C)CC1(O)CC2CCC(C1)O2. The predicted molar refractivity (Wildman–Crippen MR) is 51.5 cm³/mol. The van der Waals surface area contributed by atoms with Gasteiger partial charge in [0, 0.05) is 12.8 Å². The molecule has 0 amide bonds. The summed E-state index contributed by atoms with van der Waals surface area (Å²) in [6, 6.07) is 0. The van der Waals surface area contributed by atoms with Crippen LogP contribution in [0.25, 0.3) is 0 Å². The highest BCUT2D eigenvalue weighted by molar-refractivity contribution is 5.03. The number of aliphatic hydroxyl groups is 1. The smallest absolute Gasteiger partial charge is 0.0733 e. The summed E-state index contributed by atoms with van der Waals surface area (Å²) in [5.41, 5.74) is 0.555. The first-order valence-corrected chi connectivity index (χ1v) is 5.10. The summed E-state index contributed by atoms with van der Waals surface area (Å²) in [6.07, 6.45) is 5.22. The lowest BCUT2D eigenvalue weighted by atomic mass is 9.85. The number of fused-ring (bicyclic) bond motifs is 2. The van der Waals surface area contributed by atoms with E-state index in [1.165, 1.54) is 0 Å². The quantitative estimate of drug-likeness (QED) is 0.662. The molecule has 0 aromatic carbocycles. The summed E-state index contributed by atoms with van der Waals surface area (Å²) in [5.74, 6) is 0.